The summed E-state index contributed by atoms with van der Waals surface area (Å²) < 4.78 is 29.4. The minimum atomic E-state index is -2.92. The van der Waals surface area contributed by atoms with E-state index in [-0.39, 0.29) is 23.5 Å². The number of fused-ring (bicyclic) bond motifs is 1. The molecule has 5 nitrogen and oxygen atoms in total. The highest BCUT2D eigenvalue weighted by atomic mass is 19.3. The largest absolute Gasteiger partial charge is 0.433 e. The lowest BCUT2D eigenvalue weighted by molar-refractivity contribution is -0.0493. The third kappa shape index (κ3) is 3.55. The quantitative estimate of drug-likeness (QED) is 0.929. The van der Waals surface area contributed by atoms with Crippen LogP contribution in [0, 0.1) is 5.92 Å². The Labute approximate surface area is 134 Å². The Morgan fingerprint density at radius 2 is 2.04 bits per heavy atom. The molecule has 2 fully saturated rings. The fourth-order valence-electron chi connectivity index (χ4n) is 3.51. The molecular weight excluding hydrogens is 304 g/mol. The van der Waals surface area contributed by atoms with Crippen molar-refractivity contribution in [2.24, 2.45) is 5.92 Å². The molecule has 0 spiro atoms. The van der Waals surface area contributed by atoms with Crippen LogP contribution in [-0.4, -0.2) is 55.2 Å². The van der Waals surface area contributed by atoms with Crippen LogP contribution in [0.5, 0.6) is 5.75 Å². The summed E-state index contributed by atoms with van der Waals surface area (Å²) in [5, 5.41) is 2.72. The minimum Gasteiger partial charge on any atom is -0.433 e. The standard InChI is InChI=1S/C16H21F2N3O2/c1-20-8-6-11-7-9-21(13(11)10-20)16(22)19-12-4-2-3-5-14(12)23-15(17)18/h2-5,11,13,15H,6-10H2,1H3,(H,19,22)/t11-,13+/m0/s1. The Morgan fingerprint density at radius 3 is 2.83 bits per heavy atom. The molecule has 2 aliphatic rings. The lowest BCUT2D eigenvalue weighted by Gasteiger charge is -2.36. The molecule has 1 N–H and O–H groups in total. The maximum atomic E-state index is 12.6. The number of likely N-dealkylation sites (tertiary alicyclic amines) is 2. The van der Waals surface area contributed by atoms with Crippen LogP contribution in [-0.2, 0) is 0 Å². The van der Waals surface area contributed by atoms with Crippen molar-refractivity contribution < 1.29 is 18.3 Å². The first-order chi connectivity index (χ1) is 11.0. The van der Waals surface area contributed by atoms with E-state index >= 15 is 0 Å². The predicted octanol–water partition coefficient (Wildman–Crippen LogP) is 2.85. The predicted molar refractivity (Wildman–Crippen MR) is 82.8 cm³/mol. The van der Waals surface area contributed by atoms with Gasteiger partial charge in [-0.1, -0.05) is 12.1 Å². The molecule has 0 aliphatic carbocycles. The molecule has 0 radical (unpaired) electrons. The van der Waals surface area contributed by atoms with Crippen LogP contribution >= 0.6 is 0 Å². The second-order valence-corrected chi connectivity index (χ2v) is 6.17. The number of urea groups is 1. The fourth-order valence-corrected chi connectivity index (χ4v) is 3.51. The number of carbonyl (C=O) groups excluding carboxylic acids is 1. The van der Waals surface area contributed by atoms with E-state index in [1.807, 2.05) is 4.90 Å². The zero-order valence-electron chi connectivity index (χ0n) is 13.0. The Bertz CT molecular complexity index is 570. The highest BCUT2D eigenvalue weighted by molar-refractivity contribution is 5.91. The number of ether oxygens (including phenoxy) is 1. The number of carbonyl (C=O) groups is 1. The van der Waals surface area contributed by atoms with Crippen LogP contribution in [0.3, 0.4) is 0 Å². The number of likely N-dealkylation sites (N-methyl/N-ethyl adjacent to an activating group) is 1. The molecule has 0 saturated carbocycles. The number of amides is 2. The molecule has 0 bridgehead atoms. The molecule has 126 valence electrons. The molecule has 2 heterocycles. The monoisotopic (exact) mass is 325 g/mol. The van der Waals surface area contributed by atoms with Gasteiger partial charge in [0, 0.05) is 19.1 Å². The molecule has 23 heavy (non-hydrogen) atoms. The minimum absolute atomic E-state index is 0.0210. The zero-order chi connectivity index (χ0) is 16.4. The van der Waals surface area contributed by atoms with E-state index in [4.69, 9.17) is 0 Å². The number of anilines is 1. The Balaban J connectivity index is 1.70. The molecule has 0 unspecified atom stereocenters. The van der Waals surface area contributed by atoms with Crippen LogP contribution in [0.15, 0.2) is 24.3 Å². The number of benzene rings is 1. The van der Waals surface area contributed by atoms with Crippen LogP contribution in [0.25, 0.3) is 0 Å². The van der Waals surface area contributed by atoms with E-state index in [1.165, 1.54) is 6.07 Å². The number of hydrogen-bond donors (Lipinski definition) is 1. The smallest absolute Gasteiger partial charge is 0.387 e. The van der Waals surface area contributed by atoms with E-state index in [9.17, 15) is 13.6 Å². The molecule has 2 amide bonds. The first-order valence-corrected chi connectivity index (χ1v) is 7.84. The summed E-state index contributed by atoms with van der Waals surface area (Å²) in [7, 11) is 2.05. The van der Waals surface area contributed by atoms with Gasteiger partial charge in [0.05, 0.1) is 5.69 Å². The summed E-state index contributed by atoms with van der Waals surface area (Å²) in [4.78, 5) is 16.6. The Kier molecular flexibility index (Phi) is 4.66. The highest BCUT2D eigenvalue weighted by Gasteiger charge is 2.39. The SMILES string of the molecule is CN1CC[C@H]2CCN(C(=O)Nc3ccccc3OC(F)F)[C@@H]2C1. The summed E-state index contributed by atoms with van der Waals surface area (Å²) in [5.41, 5.74) is 0.269. The average Bonchev–Trinajstić information content (AvgIpc) is 2.91. The average molecular weight is 325 g/mol. The topological polar surface area (TPSA) is 44.8 Å². The number of piperidine rings is 1. The Hall–Kier alpha value is -1.89. The number of nitrogens with zero attached hydrogens (tertiary/aromatic N) is 2. The van der Waals surface area contributed by atoms with Crippen molar-refractivity contribution in [2.75, 3.05) is 32.0 Å². The number of hydrogen-bond acceptors (Lipinski definition) is 3. The van der Waals surface area contributed by atoms with Crippen molar-refractivity contribution >= 4 is 11.7 Å². The van der Waals surface area contributed by atoms with Gasteiger partial charge < -0.3 is 19.9 Å². The van der Waals surface area contributed by atoms with Gasteiger partial charge in [0.2, 0.25) is 0 Å². The molecule has 1 aromatic carbocycles. The number of nitrogens with one attached hydrogen (secondary N) is 1. The normalized spacial score (nSPS) is 24.6. The van der Waals surface area contributed by atoms with Gasteiger partial charge in [0.15, 0.2) is 0 Å². The molecule has 3 rings (SSSR count). The highest BCUT2D eigenvalue weighted by Crippen LogP contribution is 2.32. The molecular formula is C16H21F2N3O2. The van der Waals surface area contributed by atoms with Gasteiger partial charge in [-0.25, -0.2) is 4.79 Å². The van der Waals surface area contributed by atoms with E-state index in [0.717, 1.165) is 25.9 Å². The summed E-state index contributed by atoms with van der Waals surface area (Å²) in [6, 6.07) is 6.19. The van der Waals surface area contributed by atoms with Gasteiger partial charge in [0.1, 0.15) is 5.75 Å². The van der Waals surface area contributed by atoms with E-state index in [2.05, 4.69) is 22.0 Å². The van der Waals surface area contributed by atoms with E-state index in [0.29, 0.717) is 12.5 Å². The number of halogens is 2. The van der Waals surface area contributed by atoms with Gasteiger partial charge in [-0.3, -0.25) is 0 Å². The van der Waals surface area contributed by atoms with Crippen molar-refractivity contribution in [3.63, 3.8) is 0 Å². The molecule has 1 aromatic rings. The van der Waals surface area contributed by atoms with Crippen LogP contribution in [0.4, 0.5) is 19.3 Å². The van der Waals surface area contributed by atoms with Crippen LogP contribution < -0.4 is 10.1 Å². The van der Waals surface area contributed by atoms with E-state index < -0.39 is 6.61 Å². The molecule has 7 heteroatoms. The van der Waals surface area contributed by atoms with E-state index in [1.54, 1.807) is 18.2 Å². The lowest BCUT2D eigenvalue weighted by atomic mass is 9.92. The molecule has 2 aliphatic heterocycles. The van der Waals surface area contributed by atoms with Crippen molar-refractivity contribution in [3.8, 4) is 5.75 Å². The third-order valence-corrected chi connectivity index (χ3v) is 4.67. The maximum absolute atomic E-state index is 12.6. The van der Waals surface area contributed by atoms with Crippen molar-refractivity contribution in [1.82, 2.24) is 9.80 Å². The van der Waals surface area contributed by atoms with Crippen LogP contribution in [0.1, 0.15) is 12.8 Å². The fraction of sp³-hybridized carbons (Fsp3) is 0.562. The van der Waals surface area contributed by atoms with Gasteiger partial charge in [-0.2, -0.15) is 8.78 Å². The van der Waals surface area contributed by atoms with Gasteiger partial charge in [-0.05, 0) is 44.5 Å². The number of alkyl halides is 2. The zero-order valence-corrected chi connectivity index (χ0v) is 13.0. The van der Waals surface area contributed by atoms with Crippen molar-refractivity contribution in [2.45, 2.75) is 25.5 Å². The summed E-state index contributed by atoms with van der Waals surface area (Å²) in [5.74, 6) is 0.511. The third-order valence-electron chi connectivity index (χ3n) is 4.67. The van der Waals surface area contributed by atoms with Gasteiger partial charge >= 0.3 is 12.6 Å². The maximum Gasteiger partial charge on any atom is 0.387 e. The lowest BCUT2D eigenvalue weighted by Crippen LogP contribution is -2.49. The second kappa shape index (κ2) is 6.70. The van der Waals surface area contributed by atoms with Crippen molar-refractivity contribution in [1.29, 1.82) is 0 Å². The number of para-hydroxylation sites is 2. The first kappa shape index (κ1) is 16.0. The van der Waals surface area contributed by atoms with Gasteiger partial charge in [0.25, 0.3) is 0 Å². The summed E-state index contributed by atoms with van der Waals surface area (Å²) in [6.07, 6.45) is 2.09. The molecule has 2 saturated heterocycles. The summed E-state index contributed by atoms with van der Waals surface area (Å²) in [6.45, 7) is -0.307. The second-order valence-electron chi connectivity index (χ2n) is 6.17. The van der Waals surface area contributed by atoms with Gasteiger partial charge in [-0.15, -0.1) is 0 Å². The molecule has 0 aromatic heterocycles. The number of rotatable bonds is 3. The molecule has 2 atom stereocenters. The van der Waals surface area contributed by atoms with Crippen molar-refractivity contribution in [3.05, 3.63) is 24.3 Å². The van der Waals surface area contributed by atoms with Crippen LogP contribution in [0.2, 0.25) is 0 Å². The summed E-state index contributed by atoms with van der Waals surface area (Å²) >= 11 is 0. The first-order valence-electron chi connectivity index (χ1n) is 7.84. The Morgan fingerprint density at radius 1 is 1.30 bits per heavy atom.